The summed E-state index contributed by atoms with van der Waals surface area (Å²) in [5.74, 6) is 0.662. The summed E-state index contributed by atoms with van der Waals surface area (Å²) in [4.78, 5) is 29.0. The molecular weight excluding hydrogens is 320 g/mol. The molecule has 2 aliphatic heterocycles. The molecule has 1 unspecified atom stereocenters. The van der Waals surface area contributed by atoms with Crippen LogP contribution in [0.25, 0.3) is 0 Å². The summed E-state index contributed by atoms with van der Waals surface area (Å²) in [5.41, 5.74) is 2.59. The molecular formula is C19H26N2O4. The number of methoxy groups -OCH3 is 1. The average Bonchev–Trinajstić information content (AvgIpc) is 3.14. The monoisotopic (exact) mass is 346 g/mol. The summed E-state index contributed by atoms with van der Waals surface area (Å²) in [5, 5.41) is 0. The van der Waals surface area contributed by atoms with E-state index in [1.54, 1.807) is 12.0 Å². The van der Waals surface area contributed by atoms with Crippen molar-refractivity contribution in [1.82, 2.24) is 9.80 Å². The van der Waals surface area contributed by atoms with E-state index in [0.29, 0.717) is 44.1 Å². The Morgan fingerprint density at radius 2 is 1.80 bits per heavy atom. The maximum absolute atomic E-state index is 12.9. The highest BCUT2D eigenvalue weighted by Crippen LogP contribution is 2.27. The van der Waals surface area contributed by atoms with E-state index in [1.165, 1.54) is 0 Å². The van der Waals surface area contributed by atoms with Crippen molar-refractivity contribution in [2.45, 2.75) is 32.8 Å². The molecule has 25 heavy (non-hydrogen) atoms. The number of benzene rings is 1. The van der Waals surface area contributed by atoms with Gasteiger partial charge in [0, 0.05) is 32.8 Å². The third-order valence-electron chi connectivity index (χ3n) is 4.94. The van der Waals surface area contributed by atoms with Crippen LogP contribution in [0.5, 0.6) is 5.75 Å². The van der Waals surface area contributed by atoms with E-state index in [-0.39, 0.29) is 17.9 Å². The molecule has 3 rings (SSSR count). The quantitative estimate of drug-likeness (QED) is 0.837. The van der Waals surface area contributed by atoms with E-state index < -0.39 is 0 Å². The summed E-state index contributed by atoms with van der Waals surface area (Å²) in [6.45, 7) is 6.76. The zero-order chi connectivity index (χ0) is 18.0. The van der Waals surface area contributed by atoms with Crippen LogP contribution in [0, 0.1) is 13.8 Å². The average molecular weight is 346 g/mol. The Kier molecular flexibility index (Phi) is 5.27. The summed E-state index contributed by atoms with van der Waals surface area (Å²) in [6.07, 6.45) is 1.46. The second kappa shape index (κ2) is 7.44. The third kappa shape index (κ3) is 3.63. The van der Waals surface area contributed by atoms with Crippen LogP contribution in [0.3, 0.4) is 0 Å². The lowest BCUT2D eigenvalue weighted by Gasteiger charge is -2.36. The molecule has 1 aromatic carbocycles. The summed E-state index contributed by atoms with van der Waals surface area (Å²) < 4.78 is 10.9. The van der Waals surface area contributed by atoms with Gasteiger partial charge in [-0.15, -0.1) is 0 Å². The van der Waals surface area contributed by atoms with Crippen molar-refractivity contribution in [3.05, 3.63) is 28.8 Å². The van der Waals surface area contributed by atoms with Crippen LogP contribution in [-0.4, -0.2) is 67.6 Å². The number of ether oxygens (including phenoxy) is 2. The van der Waals surface area contributed by atoms with Crippen molar-refractivity contribution in [2.24, 2.45) is 0 Å². The number of rotatable bonds is 3. The van der Waals surface area contributed by atoms with Crippen molar-refractivity contribution in [1.29, 1.82) is 0 Å². The van der Waals surface area contributed by atoms with Gasteiger partial charge in [0.25, 0.3) is 11.8 Å². The molecule has 0 spiro atoms. The van der Waals surface area contributed by atoms with Crippen molar-refractivity contribution in [3.63, 3.8) is 0 Å². The molecule has 1 aromatic rings. The zero-order valence-electron chi connectivity index (χ0n) is 15.2. The van der Waals surface area contributed by atoms with E-state index in [0.717, 1.165) is 24.0 Å². The standard InChI is InChI=1S/C19H26N2O4/c1-13-11-14(2)17(24-3)15(12-13)18(22)20-6-8-21(9-7-20)19(23)16-5-4-10-25-16/h11-12,16H,4-10H2,1-3H3. The number of aryl methyl sites for hydroxylation is 2. The number of hydrogen-bond acceptors (Lipinski definition) is 4. The highest BCUT2D eigenvalue weighted by Gasteiger charge is 2.32. The van der Waals surface area contributed by atoms with Crippen molar-refractivity contribution in [3.8, 4) is 5.75 Å². The number of nitrogens with zero attached hydrogens (tertiary/aromatic N) is 2. The Morgan fingerprint density at radius 1 is 1.12 bits per heavy atom. The van der Waals surface area contributed by atoms with Gasteiger partial charge in [0.2, 0.25) is 0 Å². The fraction of sp³-hybridized carbons (Fsp3) is 0.579. The normalized spacial score (nSPS) is 20.7. The third-order valence-corrected chi connectivity index (χ3v) is 4.94. The molecule has 0 aromatic heterocycles. The zero-order valence-corrected chi connectivity index (χ0v) is 15.2. The van der Waals surface area contributed by atoms with Crippen molar-refractivity contribution < 1.29 is 19.1 Å². The topological polar surface area (TPSA) is 59.1 Å². The largest absolute Gasteiger partial charge is 0.496 e. The van der Waals surface area contributed by atoms with Gasteiger partial charge in [-0.25, -0.2) is 0 Å². The number of carbonyl (C=O) groups is 2. The van der Waals surface area contributed by atoms with Crippen LogP contribution >= 0.6 is 0 Å². The van der Waals surface area contributed by atoms with Crippen molar-refractivity contribution in [2.75, 3.05) is 39.9 Å². The van der Waals surface area contributed by atoms with E-state index in [1.807, 2.05) is 30.9 Å². The minimum absolute atomic E-state index is 0.0344. The fourth-order valence-electron chi connectivity index (χ4n) is 3.66. The molecule has 1 atom stereocenters. The molecule has 0 bridgehead atoms. The Morgan fingerprint density at radius 3 is 2.40 bits per heavy atom. The van der Waals surface area contributed by atoms with E-state index >= 15 is 0 Å². The number of amides is 2. The Labute approximate surface area is 148 Å². The summed E-state index contributed by atoms with van der Waals surface area (Å²) in [6, 6.07) is 3.88. The molecule has 2 heterocycles. The number of carbonyl (C=O) groups excluding carboxylic acids is 2. The molecule has 2 saturated heterocycles. The molecule has 136 valence electrons. The van der Waals surface area contributed by atoms with Crippen LogP contribution in [0.4, 0.5) is 0 Å². The van der Waals surface area contributed by atoms with E-state index in [9.17, 15) is 9.59 Å². The van der Waals surface area contributed by atoms with Gasteiger partial charge in [0.05, 0.1) is 12.7 Å². The predicted octanol–water partition coefficient (Wildman–Crippen LogP) is 1.78. The molecule has 0 radical (unpaired) electrons. The summed E-state index contributed by atoms with van der Waals surface area (Å²) >= 11 is 0. The van der Waals surface area contributed by atoms with Crippen LogP contribution in [0.15, 0.2) is 12.1 Å². The Hall–Kier alpha value is -2.08. The molecule has 2 amide bonds. The fourth-order valence-corrected chi connectivity index (χ4v) is 3.66. The lowest BCUT2D eigenvalue weighted by atomic mass is 10.0. The van der Waals surface area contributed by atoms with Gasteiger partial charge < -0.3 is 19.3 Å². The molecule has 6 heteroatoms. The molecule has 0 aliphatic carbocycles. The first-order chi connectivity index (χ1) is 12.0. The second-order valence-corrected chi connectivity index (χ2v) is 6.78. The Balaban J connectivity index is 1.67. The highest BCUT2D eigenvalue weighted by molar-refractivity contribution is 5.97. The molecule has 0 saturated carbocycles. The first-order valence-corrected chi connectivity index (χ1v) is 8.86. The number of hydrogen-bond donors (Lipinski definition) is 0. The van der Waals surface area contributed by atoms with Gasteiger partial charge in [-0.2, -0.15) is 0 Å². The van der Waals surface area contributed by atoms with Gasteiger partial charge in [0.15, 0.2) is 0 Å². The second-order valence-electron chi connectivity index (χ2n) is 6.78. The SMILES string of the molecule is COc1c(C)cc(C)cc1C(=O)N1CCN(C(=O)C2CCCO2)CC1. The highest BCUT2D eigenvalue weighted by atomic mass is 16.5. The maximum atomic E-state index is 12.9. The summed E-state index contributed by atoms with van der Waals surface area (Å²) in [7, 11) is 1.59. The molecule has 2 fully saturated rings. The molecule has 0 N–H and O–H groups in total. The van der Waals surface area contributed by atoms with Crippen LogP contribution in [-0.2, 0) is 9.53 Å². The van der Waals surface area contributed by atoms with Gasteiger partial charge >= 0.3 is 0 Å². The molecule has 6 nitrogen and oxygen atoms in total. The van der Waals surface area contributed by atoms with E-state index in [2.05, 4.69) is 0 Å². The minimum atomic E-state index is -0.290. The van der Waals surface area contributed by atoms with Gasteiger partial charge in [-0.05, 0) is 43.9 Å². The first kappa shape index (κ1) is 17.7. The lowest BCUT2D eigenvalue weighted by molar-refractivity contribution is -0.142. The van der Waals surface area contributed by atoms with Gasteiger partial charge in [-0.1, -0.05) is 6.07 Å². The molecule has 2 aliphatic rings. The van der Waals surface area contributed by atoms with Gasteiger partial charge in [-0.3, -0.25) is 9.59 Å². The van der Waals surface area contributed by atoms with Crippen LogP contribution < -0.4 is 4.74 Å². The Bertz CT molecular complexity index is 660. The van der Waals surface area contributed by atoms with Crippen LogP contribution in [0.1, 0.15) is 34.3 Å². The lowest BCUT2D eigenvalue weighted by Crippen LogP contribution is -2.52. The van der Waals surface area contributed by atoms with Crippen LogP contribution in [0.2, 0.25) is 0 Å². The van der Waals surface area contributed by atoms with Gasteiger partial charge in [0.1, 0.15) is 11.9 Å². The van der Waals surface area contributed by atoms with Crippen molar-refractivity contribution >= 4 is 11.8 Å². The smallest absolute Gasteiger partial charge is 0.257 e. The minimum Gasteiger partial charge on any atom is -0.496 e. The first-order valence-electron chi connectivity index (χ1n) is 8.86. The number of piperazine rings is 1. The predicted molar refractivity (Wildman–Crippen MR) is 93.9 cm³/mol. The maximum Gasteiger partial charge on any atom is 0.257 e. The van der Waals surface area contributed by atoms with E-state index in [4.69, 9.17) is 9.47 Å².